The molecule has 0 amide bonds. The van der Waals surface area contributed by atoms with Crippen molar-refractivity contribution in [2.24, 2.45) is 5.73 Å². The lowest BCUT2D eigenvalue weighted by Crippen LogP contribution is -2.52. The van der Waals surface area contributed by atoms with Crippen LogP contribution in [0.1, 0.15) is 25.3 Å². The number of piperidine rings is 1. The molecule has 1 atom stereocenters. The van der Waals surface area contributed by atoms with Crippen LogP contribution in [0.2, 0.25) is 0 Å². The van der Waals surface area contributed by atoms with Gasteiger partial charge < -0.3 is 10.6 Å². The SMILES string of the molecule is Cc1cccc(N2CCCC(C)(N)C2)c1. The number of aryl methyl sites for hydroxylation is 1. The van der Waals surface area contributed by atoms with Crippen molar-refractivity contribution >= 4 is 5.69 Å². The predicted molar refractivity (Wildman–Crippen MR) is 65.2 cm³/mol. The molecule has 82 valence electrons. The molecule has 1 fully saturated rings. The van der Waals surface area contributed by atoms with Crippen molar-refractivity contribution in [1.29, 1.82) is 0 Å². The van der Waals surface area contributed by atoms with Crippen molar-refractivity contribution in [1.82, 2.24) is 0 Å². The van der Waals surface area contributed by atoms with Crippen molar-refractivity contribution in [2.45, 2.75) is 32.2 Å². The van der Waals surface area contributed by atoms with Gasteiger partial charge in [-0.15, -0.1) is 0 Å². The van der Waals surface area contributed by atoms with E-state index in [-0.39, 0.29) is 5.54 Å². The highest BCUT2D eigenvalue weighted by molar-refractivity contribution is 5.49. The molecule has 0 saturated carbocycles. The summed E-state index contributed by atoms with van der Waals surface area (Å²) in [6, 6.07) is 8.66. The summed E-state index contributed by atoms with van der Waals surface area (Å²) in [5.41, 5.74) is 8.80. The second-order valence-electron chi connectivity index (χ2n) is 5.02. The molecule has 0 spiro atoms. The Hall–Kier alpha value is -1.02. The second kappa shape index (κ2) is 3.86. The van der Waals surface area contributed by atoms with E-state index in [2.05, 4.69) is 43.0 Å². The van der Waals surface area contributed by atoms with E-state index in [1.54, 1.807) is 0 Å². The monoisotopic (exact) mass is 204 g/mol. The van der Waals surface area contributed by atoms with E-state index >= 15 is 0 Å². The Kier molecular flexibility index (Phi) is 2.70. The number of hydrogen-bond acceptors (Lipinski definition) is 2. The van der Waals surface area contributed by atoms with Gasteiger partial charge in [0.15, 0.2) is 0 Å². The summed E-state index contributed by atoms with van der Waals surface area (Å²) in [7, 11) is 0. The summed E-state index contributed by atoms with van der Waals surface area (Å²) < 4.78 is 0. The van der Waals surface area contributed by atoms with Crippen LogP contribution >= 0.6 is 0 Å². The van der Waals surface area contributed by atoms with Gasteiger partial charge in [0, 0.05) is 24.3 Å². The van der Waals surface area contributed by atoms with Crippen molar-refractivity contribution < 1.29 is 0 Å². The summed E-state index contributed by atoms with van der Waals surface area (Å²) >= 11 is 0. The van der Waals surface area contributed by atoms with Crippen LogP contribution in [0.5, 0.6) is 0 Å². The summed E-state index contributed by atoms with van der Waals surface area (Å²) in [5, 5.41) is 0. The van der Waals surface area contributed by atoms with Gasteiger partial charge >= 0.3 is 0 Å². The third kappa shape index (κ3) is 2.51. The zero-order valence-corrected chi connectivity index (χ0v) is 9.66. The van der Waals surface area contributed by atoms with Crippen LogP contribution in [0.25, 0.3) is 0 Å². The van der Waals surface area contributed by atoms with Gasteiger partial charge in [0.25, 0.3) is 0 Å². The average molecular weight is 204 g/mol. The van der Waals surface area contributed by atoms with Crippen LogP contribution in [0.4, 0.5) is 5.69 Å². The first-order chi connectivity index (χ1) is 7.07. The summed E-state index contributed by atoms with van der Waals surface area (Å²) in [4.78, 5) is 2.40. The Morgan fingerprint density at radius 2 is 2.20 bits per heavy atom. The van der Waals surface area contributed by atoms with Crippen LogP contribution in [0.15, 0.2) is 24.3 Å². The molecule has 1 aromatic carbocycles. The van der Waals surface area contributed by atoms with E-state index in [0.29, 0.717) is 0 Å². The number of nitrogens with zero attached hydrogens (tertiary/aromatic N) is 1. The number of nitrogens with two attached hydrogens (primary N) is 1. The largest absolute Gasteiger partial charge is 0.370 e. The van der Waals surface area contributed by atoms with Crippen LogP contribution in [0, 0.1) is 6.92 Å². The highest BCUT2D eigenvalue weighted by atomic mass is 15.2. The lowest BCUT2D eigenvalue weighted by molar-refractivity contribution is 0.375. The second-order valence-corrected chi connectivity index (χ2v) is 5.02. The van der Waals surface area contributed by atoms with Crippen molar-refractivity contribution in [2.75, 3.05) is 18.0 Å². The molecule has 2 rings (SSSR count). The number of benzene rings is 1. The fraction of sp³-hybridized carbons (Fsp3) is 0.538. The Morgan fingerprint density at radius 1 is 1.40 bits per heavy atom. The average Bonchev–Trinajstić information content (AvgIpc) is 2.16. The molecule has 0 bridgehead atoms. The van der Waals surface area contributed by atoms with Gasteiger partial charge in [-0.2, -0.15) is 0 Å². The molecule has 2 nitrogen and oxygen atoms in total. The maximum atomic E-state index is 6.20. The summed E-state index contributed by atoms with van der Waals surface area (Å²) in [6.45, 7) is 6.39. The molecule has 0 radical (unpaired) electrons. The minimum Gasteiger partial charge on any atom is -0.370 e. The first kappa shape index (κ1) is 10.5. The third-order valence-electron chi connectivity index (χ3n) is 3.09. The zero-order valence-electron chi connectivity index (χ0n) is 9.66. The van der Waals surface area contributed by atoms with E-state index in [4.69, 9.17) is 5.73 Å². The molecule has 1 aliphatic rings. The highest BCUT2D eigenvalue weighted by Crippen LogP contribution is 2.24. The van der Waals surface area contributed by atoms with Crippen LogP contribution in [-0.2, 0) is 0 Å². The van der Waals surface area contributed by atoms with Crippen molar-refractivity contribution in [3.8, 4) is 0 Å². The Morgan fingerprint density at radius 3 is 2.87 bits per heavy atom. The van der Waals surface area contributed by atoms with E-state index < -0.39 is 0 Å². The lowest BCUT2D eigenvalue weighted by Gasteiger charge is -2.39. The maximum absolute atomic E-state index is 6.20. The Bertz CT molecular complexity index is 344. The van der Waals surface area contributed by atoms with E-state index in [1.807, 2.05) is 0 Å². The van der Waals surface area contributed by atoms with E-state index in [9.17, 15) is 0 Å². The Labute approximate surface area is 92.1 Å². The number of hydrogen-bond donors (Lipinski definition) is 1. The molecule has 1 heterocycles. The first-order valence-corrected chi connectivity index (χ1v) is 5.67. The first-order valence-electron chi connectivity index (χ1n) is 5.67. The number of anilines is 1. The molecule has 1 aliphatic heterocycles. The van der Waals surface area contributed by atoms with Gasteiger partial charge in [-0.1, -0.05) is 12.1 Å². The third-order valence-corrected chi connectivity index (χ3v) is 3.09. The van der Waals surface area contributed by atoms with E-state index in [0.717, 1.165) is 19.5 Å². The molecular formula is C13H20N2. The number of rotatable bonds is 1. The van der Waals surface area contributed by atoms with Gasteiger partial charge in [-0.25, -0.2) is 0 Å². The van der Waals surface area contributed by atoms with Gasteiger partial charge in [-0.3, -0.25) is 0 Å². The van der Waals surface area contributed by atoms with Gasteiger partial charge in [0.05, 0.1) is 0 Å². The molecule has 2 N–H and O–H groups in total. The summed E-state index contributed by atoms with van der Waals surface area (Å²) in [6.07, 6.45) is 2.33. The quantitative estimate of drug-likeness (QED) is 0.760. The summed E-state index contributed by atoms with van der Waals surface area (Å²) in [5.74, 6) is 0. The van der Waals surface area contributed by atoms with Crippen LogP contribution in [-0.4, -0.2) is 18.6 Å². The van der Waals surface area contributed by atoms with Crippen LogP contribution < -0.4 is 10.6 Å². The predicted octanol–water partition coefficient (Wildman–Crippen LogP) is 2.31. The van der Waals surface area contributed by atoms with Gasteiger partial charge in [0.1, 0.15) is 0 Å². The molecule has 15 heavy (non-hydrogen) atoms. The van der Waals surface area contributed by atoms with E-state index in [1.165, 1.54) is 17.7 Å². The molecule has 0 aromatic heterocycles. The maximum Gasteiger partial charge on any atom is 0.0369 e. The molecule has 2 heteroatoms. The Balaban J connectivity index is 2.17. The molecular weight excluding hydrogens is 184 g/mol. The molecule has 0 aliphatic carbocycles. The van der Waals surface area contributed by atoms with Crippen molar-refractivity contribution in [3.05, 3.63) is 29.8 Å². The fourth-order valence-corrected chi connectivity index (χ4v) is 2.31. The minimum absolute atomic E-state index is 0.0258. The smallest absolute Gasteiger partial charge is 0.0369 e. The normalized spacial score (nSPS) is 26.7. The van der Waals surface area contributed by atoms with Crippen molar-refractivity contribution in [3.63, 3.8) is 0 Å². The topological polar surface area (TPSA) is 29.3 Å². The molecule has 1 saturated heterocycles. The lowest BCUT2D eigenvalue weighted by atomic mass is 9.92. The standard InChI is InChI=1S/C13H20N2/c1-11-5-3-6-12(9-11)15-8-4-7-13(2,14)10-15/h3,5-6,9H,4,7-8,10,14H2,1-2H3. The van der Waals surface area contributed by atoms with Crippen LogP contribution in [0.3, 0.4) is 0 Å². The highest BCUT2D eigenvalue weighted by Gasteiger charge is 2.26. The fourth-order valence-electron chi connectivity index (χ4n) is 2.31. The zero-order chi connectivity index (χ0) is 10.9. The van der Waals surface area contributed by atoms with Gasteiger partial charge in [0.2, 0.25) is 0 Å². The minimum atomic E-state index is -0.0258. The van der Waals surface area contributed by atoms with Gasteiger partial charge in [-0.05, 0) is 44.4 Å². The molecule has 1 aromatic rings. The molecule has 1 unspecified atom stereocenters.